The number of nitrogens with zero attached hydrogens (tertiary/aromatic N) is 1. The standard InChI is InChI=1S/C12H23F3N2O/c1-2-10(16)11(12(13,14)15)17(7-8-18)9-5-3-4-6-9/h9-11,18H,2-8,16H2,1H3. The second-order valence-corrected chi connectivity index (χ2v) is 4.96. The van der Waals surface area contributed by atoms with E-state index < -0.39 is 18.3 Å². The number of hydrogen-bond acceptors (Lipinski definition) is 3. The molecular formula is C12H23F3N2O. The zero-order chi connectivity index (χ0) is 13.8. The van der Waals surface area contributed by atoms with E-state index in [0.29, 0.717) is 0 Å². The predicted octanol–water partition coefficient (Wildman–Crippen LogP) is 1.89. The van der Waals surface area contributed by atoms with Crippen molar-refractivity contribution in [1.82, 2.24) is 4.90 Å². The Kier molecular flexibility index (Phi) is 5.88. The molecule has 0 amide bonds. The molecule has 0 radical (unpaired) electrons. The van der Waals surface area contributed by atoms with Crippen LogP contribution in [0.25, 0.3) is 0 Å². The molecule has 0 heterocycles. The van der Waals surface area contributed by atoms with E-state index >= 15 is 0 Å². The van der Waals surface area contributed by atoms with Gasteiger partial charge in [-0.1, -0.05) is 19.8 Å². The third kappa shape index (κ3) is 3.83. The van der Waals surface area contributed by atoms with Crippen LogP contribution in [-0.4, -0.2) is 47.5 Å². The first-order valence-corrected chi connectivity index (χ1v) is 6.60. The summed E-state index contributed by atoms with van der Waals surface area (Å²) in [6, 6.07) is -2.67. The minimum atomic E-state index is -4.34. The zero-order valence-electron chi connectivity index (χ0n) is 10.8. The molecule has 3 nitrogen and oxygen atoms in total. The summed E-state index contributed by atoms with van der Waals surface area (Å²) in [5.41, 5.74) is 5.66. The average molecular weight is 268 g/mol. The lowest BCUT2D eigenvalue weighted by atomic mass is 10.0. The first-order valence-electron chi connectivity index (χ1n) is 6.60. The summed E-state index contributed by atoms with van der Waals surface area (Å²) in [4.78, 5) is 1.38. The van der Waals surface area contributed by atoms with Crippen molar-refractivity contribution >= 4 is 0 Å². The molecule has 1 aliphatic rings. The van der Waals surface area contributed by atoms with E-state index in [-0.39, 0.29) is 25.6 Å². The van der Waals surface area contributed by atoms with Gasteiger partial charge < -0.3 is 10.8 Å². The number of rotatable bonds is 6. The topological polar surface area (TPSA) is 49.5 Å². The van der Waals surface area contributed by atoms with E-state index in [2.05, 4.69) is 0 Å². The Labute approximate surface area is 106 Å². The minimum absolute atomic E-state index is 0.0442. The quantitative estimate of drug-likeness (QED) is 0.773. The monoisotopic (exact) mass is 268 g/mol. The fourth-order valence-corrected chi connectivity index (χ4v) is 2.80. The summed E-state index contributed by atoms with van der Waals surface area (Å²) in [5.74, 6) is 0. The number of hydrogen-bond donors (Lipinski definition) is 2. The van der Waals surface area contributed by atoms with Gasteiger partial charge in [-0.25, -0.2) is 0 Å². The fraction of sp³-hybridized carbons (Fsp3) is 1.00. The van der Waals surface area contributed by atoms with Gasteiger partial charge in [-0.2, -0.15) is 13.2 Å². The molecule has 0 spiro atoms. The Morgan fingerprint density at radius 3 is 2.28 bits per heavy atom. The van der Waals surface area contributed by atoms with E-state index in [1.54, 1.807) is 6.92 Å². The van der Waals surface area contributed by atoms with Crippen LogP contribution in [0.2, 0.25) is 0 Å². The molecule has 18 heavy (non-hydrogen) atoms. The number of nitrogens with two attached hydrogens (primary N) is 1. The van der Waals surface area contributed by atoms with Gasteiger partial charge in [0.25, 0.3) is 0 Å². The molecule has 0 saturated heterocycles. The largest absolute Gasteiger partial charge is 0.405 e. The van der Waals surface area contributed by atoms with Crippen LogP contribution in [0.4, 0.5) is 13.2 Å². The Balaban J connectivity index is 2.89. The Morgan fingerprint density at radius 1 is 1.33 bits per heavy atom. The molecule has 0 aromatic carbocycles. The first-order chi connectivity index (χ1) is 8.41. The van der Waals surface area contributed by atoms with Gasteiger partial charge >= 0.3 is 6.18 Å². The van der Waals surface area contributed by atoms with E-state index in [9.17, 15) is 13.2 Å². The zero-order valence-corrected chi connectivity index (χ0v) is 10.8. The highest BCUT2D eigenvalue weighted by Crippen LogP contribution is 2.33. The SMILES string of the molecule is CCC(N)C(N(CCO)C1CCCC1)C(F)(F)F. The average Bonchev–Trinajstić information content (AvgIpc) is 2.79. The van der Waals surface area contributed by atoms with Gasteiger partial charge in [0.1, 0.15) is 6.04 Å². The van der Waals surface area contributed by atoms with E-state index in [1.807, 2.05) is 0 Å². The Morgan fingerprint density at radius 2 is 1.89 bits per heavy atom. The number of alkyl halides is 3. The molecule has 0 aromatic rings. The molecule has 0 aliphatic heterocycles. The van der Waals surface area contributed by atoms with Crippen molar-refractivity contribution in [1.29, 1.82) is 0 Å². The van der Waals surface area contributed by atoms with Gasteiger partial charge in [-0.15, -0.1) is 0 Å². The number of aliphatic hydroxyl groups is 1. The molecule has 108 valence electrons. The molecule has 3 N–H and O–H groups in total. The molecule has 2 atom stereocenters. The second-order valence-electron chi connectivity index (χ2n) is 4.96. The summed E-state index contributed by atoms with van der Waals surface area (Å²) in [6.45, 7) is 1.44. The first kappa shape index (κ1) is 15.7. The highest BCUT2D eigenvalue weighted by molar-refractivity contribution is 4.92. The second kappa shape index (κ2) is 6.73. The van der Waals surface area contributed by atoms with Crippen LogP contribution in [0.1, 0.15) is 39.0 Å². The molecule has 1 rings (SSSR count). The van der Waals surface area contributed by atoms with Crippen LogP contribution < -0.4 is 5.73 Å². The molecule has 1 fully saturated rings. The number of aliphatic hydroxyl groups excluding tert-OH is 1. The van der Waals surface area contributed by atoms with Crippen LogP contribution >= 0.6 is 0 Å². The van der Waals surface area contributed by atoms with Crippen molar-refractivity contribution in [3.05, 3.63) is 0 Å². The van der Waals surface area contributed by atoms with Crippen LogP contribution in [0, 0.1) is 0 Å². The van der Waals surface area contributed by atoms with Crippen LogP contribution in [0.5, 0.6) is 0 Å². The van der Waals surface area contributed by atoms with Gasteiger partial charge in [0.15, 0.2) is 0 Å². The van der Waals surface area contributed by atoms with Crippen molar-refractivity contribution in [2.45, 2.75) is 63.3 Å². The molecule has 0 bridgehead atoms. The maximum absolute atomic E-state index is 13.2. The maximum Gasteiger partial charge on any atom is 0.405 e. The molecule has 1 saturated carbocycles. The summed E-state index contributed by atoms with van der Waals surface area (Å²) in [5, 5.41) is 9.02. The lowest BCUT2D eigenvalue weighted by molar-refractivity contribution is -0.196. The van der Waals surface area contributed by atoms with Gasteiger partial charge in [0, 0.05) is 18.6 Å². The minimum Gasteiger partial charge on any atom is -0.395 e. The van der Waals surface area contributed by atoms with Gasteiger partial charge in [-0.05, 0) is 19.3 Å². The highest BCUT2D eigenvalue weighted by Gasteiger charge is 2.48. The lowest BCUT2D eigenvalue weighted by Crippen LogP contribution is -2.59. The molecule has 0 aromatic heterocycles. The fourth-order valence-electron chi connectivity index (χ4n) is 2.80. The van der Waals surface area contributed by atoms with Gasteiger partial charge in [0.05, 0.1) is 6.61 Å². The third-order valence-electron chi connectivity index (χ3n) is 3.72. The van der Waals surface area contributed by atoms with E-state index in [0.717, 1.165) is 25.7 Å². The summed E-state index contributed by atoms with van der Waals surface area (Å²) < 4.78 is 39.5. The van der Waals surface area contributed by atoms with Crippen LogP contribution in [0.15, 0.2) is 0 Å². The summed E-state index contributed by atoms with van der Waals surface area (Å²) in [7, 11) is 0. The lowest BCUT2D eigenvalue weighted by Gasteiger charge is -2.39. The van der Waals surface area contributed by atoms with Crippen molar-refractivity contribution in [2.75, 3.05) is 13.2 Å². The van der Waals surface area contributed by atoms with Gasteiger partial charge in [0.2, 0.25) is 0 Å². The molecule has 2 unspecified atom stereocenters. The molecular weight excluding hydrogens is 245 g/mol. The molecule has 6 heteroatoms. The predicted molar refractivity (Wildman–Crippen MR) is 64.2 cm³/mol. The summed E-state index contributed by atoms with van der Waals surface area (Å²) >= 11 is 0. The Hall–Kier alpha value is -0.330. The molecule has 1 aliphatic carbocycles. The van der Waals surface area contributed by atoms with Crippen molar-refractivity contribution in [2.24, 2.45) is 5.73 Å². The summed E-state index contributed by atoms with van der Waals surface area (Å²) in [6.07, 6.45) is -0.616. The van der Waals surface area contributed by atoms with Crippen LogP contribution in [0.3, 0.4) is 0 Å². The normalized spacial score (nSPS) is 21.5. The number of halogens is 3. The van der Waals surface area contributed by atoms with Gasteiger partial charge in [-0.3, -0.25) is 4.90 Å². The van der Waals surface area contributed by atoms with Crippen molar-refractivity contribution < 1.29 is 18.3 Å². The van der Waals surface area contributed by atoms with Crippen molar-refractivity contribution in [3.63, 3.8) is 0 Å². The van der Waals surface area contributed by atoms with E-state index in [4.69, 9.17) is 10.8 Å². The highest BCUT2D eigenvalue weighted by atomic mass is 19.4. The smallest absolute Gasteiger partial charge is 0.395 e. The van der Waals surface area contributed by atoms with Crippen molar-refractivity contribution in [3.8, 4) is 0 Å². The maximum atomic E-state index is 13.2. The van der Waals surface area contributed by atoms with E-state index in [1.165, 1.54) is 4.90 Å². The Bertz CT molecular complexity index is 242. The third-order valence-corrected chi connectivity index (χ3v) is 3.72. The van der Waals surface area contributed by atoms with Crippen LogP contribution in [-0.2, 0) is 0 Å².